The molecule has 0 unspecified atom stereocenters. The Morgan fingerprint density at radius 2 is 2.30 bits per heavy atom. The van der Waals surface area contributed by atoms with E-state index in [-0.39, 0.29) is 12.7 Å². The number of aliphatic hydroxyl groups is 1. The molecule has 1 aliphatic rings. The summed E-state index contributed by atoms with van der Waals surface area (Å²) >= 11 is 0. The Morgan fingerprint density at radius 1 is 1.60 bits per heavy atom. The van der Waals surface area contributed by atoms with Crippen molar-refractivity contribution in [1.82, 2.24) is 0 Å². The largest absolute Gasteiger partial charge is 0.394 e. The summed E-state index contributed by atoms with van der Waals surface area (Å²) in [5, 5.41) is 8.74. The summed E-state index contributed by atoms with van der Waals surface area (Å²) in [6.07, 6.45) is 0.753. The van der Waals surface area contributed by atoms with E-state index in [1.807, 2.05) is 13.8 Å². The van der Waals surface area contributed by atoms with Gasteiger partial charge in [-0.25, -0.2) is 0 Å². The first-order valence-electron chi connectivity index (χ1n) is 3.57. The summed E-state index contributed by atoms with van der Waals surface area (Å²) in [6, 6.07) is 0. The van der Waals surface area contributed by atoms with Crippen LogP contribution >= 0.6 is 0 Å². The fourth-order valence-corrected chi connectivity index (χ4v) is 1.06. The molecule has 0 amide bonds. The van der Waals surface area contributed by atoms with Crippen LogP contribution in [0.5, 0.6) is 0 Å². The molecule has 1 heterocycles. The fourth-order valence-electron chi connectivity index (χ4n) is 1.06. The summed E-state index contributed by atoms with van der Waals surface area (Å²) in [5.41, 5.74) is 0. The van der Waals surface area contributed by atoms with Crippen LogP contribution in [0.25, 0.3) is 0 Å². The van der Waals surface area contributed by atoms with Gasteiger partial charge in [-0.2, -0.15) is 0 Å². The lowest BCUT2D eigenvalue weighted by atomic mass is 10.2. The molecule has 1 saturated heterocycles. The summed E-state index contributed by atoms with van der Waals surface area (Å²) < 4.78 is 10.6. The van der Waals surface area contributed by atoms with E-state index in [0.717, 1.165) is 6.42 Å². The van der Waals surface area contributed by atoms with E-state index < -0.39 is 5.79 Å². The van der Waals surface area contributed by atoms with Gasteiger partial charge in [-0.3, -0.25) is 0 Å². The van der Waals surface area contributed by atoms with Gasteiger partial charge in [-0.1, -0.05) is 0 Å². The molecule has 1 aliphatic heterocycles. The number of rotatable bonds is 1. The minimum atomic E-state index is -0.508. The fraction of sp³-hybridized carbons (Fsp3) is 1.00. The van der Waals surface area contributed by atoms with Crippen molar-refractivity contribution >= 4 is 0 Å². The van der Waals surface area contributed by atoms with Crippen LogP contribution in [-0.2, 0) is 9.47 Å². The van der Waals surface area contributed by atoms with E-state index in [2.05, 4.69) is 0 Å². The Bertz CT molecular complexity index is 111. The molecule has 0 spiro atoms. The standard InChI is InChI=1S/C7H14O3/c1-7(2)9-4-3-6(5-8)10-7/h6,8H,3-5H2,1-2H3/t6-/m1/s1. The predicted octanol–water partition coefficient (Wildman–Crippen LogP) is 0.520. The van der Waals surface area contributed by atoms with Gasteiger partial charge in [0, 0.05) is 0 Å². The van der Waals surface area contributed by atoms with E-state index in [0.29, 0.717) is 6.61 Å². The molecule has 10 heavy (non-hydrogen) atoms. The molecule has 0 aromatic rings. The normalized spacial score (nSPS) is 32.1. The number of hydrogen-bond donors (Lipinski definition) is 1. The molecule has 60 valence electrons. The Labute approximate surface area is 60.9 Å². The third kappa shape index (κ3) is 1.94. The maximum absolute atomic E-state index is 8.74. The van der Waals surface area contributed by atoms with Crippen molar-refractivity contribution in [2.24, 2.45) is 0 Å². The highest BCUT2D eigenvalue weighted by Gasteiger charge is 2.28. The molecule has 3 heteroatoms. The zero-order valence-corrected chi connectivity index (χ0v) is 6.46. The summed E-state index contributed by atoms with van der Waals surface area (Å²) in [7, 11) is 0. The van der Waals surface area contributed by atoms with Crippen molar-refractivity contribution in [2.75, 3.05) is 13.2 Å². The van der Waals surface area contributed by atoms with Crippen LogP contribution < -0.4 is 0 Å². The lowest BCUT2D eigenvalue weighted by molar-refractivity contribution is -0.277. The van der Waals surface area contributed by atoms with Crippen molar-refractivity contribution in [1.29, 1.82) is 0 Å². The van der Waals surface area contributed by atoms with Gasteiger partial charge in [0.25, 0.3) is 0 Å². The maximum atomic E-state index is 8.74. The van der Waals surface area contributed by atoms with E-state index in [9.17, 15) is 0 Å². The van der Waals surface area contributed by atoms with Crippen LogP contribution in [0.1, 0.15) is 20.3 Å². The molecule has 1 atom stereocenters. The van der Waals surface area contributed by atoms with Crippen LogP contribution in [0.4, 0.5) is 0 Å². The minimum Gasteiger partial charge on any atom is -0.394 e. The second-order valence-corrected chi connectivity index (χ2v) is 2.96. The van der Waals surface area contributed by atoms with Crippen LogP contribution in [-0.4, -0.2) is 30.2 Å². The number of aliphatic hydroxyl groups excluding tert-OH is 1. The van der Waals surface area contributed by atoms with E-state index in [1.54, 1.807) is 0 Å². The lowest BCUT2D eigenvalue weighted by Crippen LogP contribution is -2.41. The monoisotopic (exact) mass is 146 g/mol. The van der Waals surface area contributed by atoms with Crippen molar-refractivity contribution < 1.29 is 14.6 Å². The van der Waals surface area contributed by atoms with Crippen molar-refractivity contribution in [3.63, 3.8) is 0 Å². The molecule has 0 aliphatic carbocycles. The molecular formula is C7H14O3. The highest BCUT2D eigenvalue weighted by molar-refractivity contribution is 4.67. The van der Waals surface area contributed by atoms with Gasteiger partial charge in [0.2, 0.25) is 0 Å². The van der Waals surface area contributed by atoms with Gasteiger partial charge in [0.1, 0.15) is 0 Å². The Morgan fingerprint density at radius 3 is 2.70 bits per heavy atom. The van der Waals surface area contributed by atoms with Crippen LogP contribution in [0.3, 0.4) is 0 Å². The summed E-state index contributed by atoms with van der Waals surface area (Å²) in [4.78, 5) is 0. The van der Waals surface area contributed by atoms with E-state index in [1.165, 1.54) is 0 Å². The van der Waals surface area contributed by atoms with Gasteiger partial charge < -0.3 is 14.6 Å². The summed E-state index contributed by atoms with van der Waals surface area (Å²) in [5.74, 6) is -0.508. The molecule has 0 aromatic heterocycles. The van der Waals surface area contributed by atoms with E-state index >= 15 is 0 Å². The summed E-state index contributed by atoms with van der Waals surface area (Å²) in [6.45, 7) is 4.48. The molecule has 0 saturated carbocycles. The maximum Gasteiger partial charge on any atom is 0.163 e. The Balaban J connectivity index is 2.40. The first kappa shape index (κ1) is 7.98. The van der Waals surface area contributed by atoms with Crippen LogP contribution in [0.2, 0.25) is 0 Å². The van der Waals surface area contributed by atoms with Crippen LogP contribution in [0.15, 0.2) is 0 Å². The third-order valence-corrected chi connectivity index (χ3v) is 1.54. The van der Waals surface area contributed by atoms with Gasteiger partial charge in [-0.15, -0.1) is 0 Å². The Hall–Kier alpha value is -0.120. The SMILES string of the molecule is CC1(C)OCC[C@H](CO)O1. The van der Waals surface area contributed by atoms with Crippen LogP contribution in [0, 0.1) is 0 Å². The smallest absolute Gasteiger partial charge is 0.163 e. The first-order chi connectivity index (χ1) is 4.64. The highest BCUT2D eigenvalue weighted by atomic mass is 16.7. The topological polar surface area (TPSA) is 38.7 Å². The molecule has 3 nitrogen and oxygen atoms in total. The minimum absolute atomic E-state index is 0.0382. The molecule has 0 aromatic carbocycles. The van der Waals surface area contributed by atoms with E-state index in [4.69, 9.17) is 14.6 Å². The average Bonchev–Trinajstić information content (AvgIpc) is 1.86. The molecular weight excluding hydrogens is 132 g/mol. The molecule has 1 rings (SSSR count). The predicted molar refractivity (Wildman–Crippen MR) is 36.6 cm³/mol. The third-order valence-electron chi connectivity index (χ3n) is 1.54. The molecule has 0 radical (unpaired) electrons. The zero-order chi connectivity index (χ0) is 7.61. The second kappa shape index (κ2) is 2.86. The molecule has 1 fully saturated rings. The highest BCUT2D eigenvalue weighted by Crippen LogP contribution is 2.21. The van der Waals surface area contributed by atoms with Gasteiger partial charge in [0.15, 0.2) is 5.79 Å². The average molecular weight is 146 g/mol. The van der Waals surface area contributed by atoms with Crippen molar-refractivity contribution in [3.05, 3.63) is 0 Å². The van der Waals surface area contributed by atoms with Gasteiger partial charge in [0.05, 0.1) is 19.3 Å². The second-order valence-electron chi connectivity index (χ2n) is 2.96. The number of ether oxygens (including phenoxy) is 2. The van der Waals surface area contributed by atoms with Gasteiger partial charge in [-0.05, 0) is 20.3 Å². The van der Waals surface area contributed by atoms with Crippen molar-refractivity contribution in [2.45, 2.75) is 32.2 Å². The van der Waals surface area contributed by atoms with Crippen molar-refractivity contribution in [3.8, 4) is 0 Å². The van der Waals surface area contributed by atoms with Gasteiger partial charge >= 0.3 is 0 Å². The zero-order valence-electron chi connectivity index (χ0n) is 6.46. The molecule has 1 N–H and O–H groups in total. The molecule has 0 bridgehead atoms. The number of hydrogen-bond acceptors (Lipinski definition) is 3. The first-order valence-corrected chi connectivity index (χ1v) is 3.57. The Kier molecular flexibility index (Phi) is 2.28. The lowest BCUT2D eigenvalue weighted by Gasteiger charge is -2.35. The quantitative estimate of drug-likeness (QED) is 0.586.